The van der Waals surface area contributed by atoms with Gasteiger partial charge >= 0.3 is 0 Å². The van der Waals surface area contributed by atoms with Gasteiger partial charge in [0.15, 0.2) is 48.2 Å². The molecule has 7 rings (SSSR count). The fourth-order valence-electron chi connectivity index (χ4n) is 5.41. The summed E-state index contributed by atoms with van der Waals surface area (Å²) < 4.78 is 39.6. The third-order valence-corrected chi connectivity index (χ3v) is 11.0. The van der Waals surface area contributed by atoms with Gasteiger partial charge < -0.3 is 49.2 Å². The Morgan fingerprint density at radius 3 is 2.22 bits per heavy atom. The van der Waals surface area contributed by atoms with Crippen LogP contribution in [0, 0.1) is 0 Å². The maximum absolute atomic E-state index is 12.4. The van der Waals surface area contributed by atoms with Crippen molar-refractivity contribution < 1.29 is 37.8 Å². The van der Waals surface area contributed by atoms with Crippen LogP contribution in [0.15, 0.2) is 23.8 Å². The van der Waals surface area contributed by atoms with Crippen molar-refractivity contribution in [1.29, 1.82) is 0 Å². The summed E-state index contributed by atoms with van der Waals surface area (Å²) in [7, 11) is 0. The SMILES string of the molecule is C=P1(S)OC[C@H]2O[C@@H](n3cnc4c(=O)[nH]c(N)nc43)[C@H](OP(=C)(S)OC[C@@H]3O[C@H](n4cnc5c(N)ncnc54)[C@H](O)[C@H]3O1)[C@@H]2O. The summed E-state index contributed by atoms with van der Waals surface area (Å²) >= 11 is 9.11. The molecule has 4 aromatic heterocycles. The first-order chi connectivity index (χ1) is 21.3. The summed E-state index contributed by atoms with van der Waals surface area (Å²) in [5.74, 6) is 0.0136. The normalized spacial score (nSPS) is 37.7. The number of nitrogens with one attached hydrogen (secondary N) is 1. The van der Waals surface area contributed by atoms with Gasteiger partial charge in [-0.2, -0.15) is 4.98 Å². The molecule has 0 saturated carbocycles. The van der Waals surface area contributed by atoms with E-state index in [0.29, 0.717) is 11.2 Å². The van der Waals surface area contributed by atoms with Crippen LogP contribution in [0.5, 0.6) is 0 Å². The van der Waals surface area contributed by atoms with E-state index in [1.807, 2.05) is 0 Å². The van der Waals surface area contributed by atoms with E-state index in [-0.39, 0.29) is 36.1 Å². The van der Waals surface area contributed by atoms with Crippen LogP contribution in [0.3, 0.4) is 0 Å². The van der Waals surface area contributed by atoms with Crippen LogP contribution in [0.1, 0.15) is 12.5 Å². The molecule has 0 aliphatic carbocycles. The molecule has 19 nitrogen and oxygen atoms in total. The second kappa shape index (κ2) is 11.3. The molecule has 3 fully saturated rings. The van der Waals surface area contributed by atoms with Gasteiger partial charge in [0.1, 0.15) is 48.5 Å². The van der Waals surface area contributed by atoms with Crippen molar-refractivity contribution >= 4 is 84.3 Å². The Hall–Kier alpha value is -2.52. The number of nitrogens with zero attached hydrogens (tertiary/aromatic N) is 7. The molecule has 3 aliphatic heterocycles. The first kappa shape index (κ1) is 31.1. The Bertz CT molecular complexity index is 1940. The summed E-state index contributed by atoms with van der Waals surface area (Å²) in [6, 6.07) is 0. The molecule has 10 atom stereocenters. The van der Waals surface area contributed by atoms with E-state index in [9.17, 15) is 15.0 Å². The molecule has 7 N–H and O–H groups in total. The lowest BCUT2D eigenvalue weighted by Crippen LogP contribution is -2.36. The van der Waals surface area contributed by atoms with Crippen molar-refractivity contribution in [2.45, 2.75) is 49.1 Å². The number of hydrogen-bond acceptors (Lipinski definition) is 18. The lowest BCUT2D eigenvalue weighted by Gasteiger charge is -2.30. The third kappa shape index (κ3) is 5.60. The maximum Gasteiger partial charge on any atom is 0.280 e. The smallest absolute Gasteiger partial charge is 0.280 e. The first-order valence-corrected chi connectivity index (χ1v) is 19.1. The summed E-state index contributed by atoms with van der Waals surface area (Å²) in [6.45, 7) is -7.06. The van der Waals surface area contributed by atoms with Gasteiger partial charge in [0.05, 0.1) is 25.9 Å². The Kier molecular flexibility index (Phi) is 7.82. The van der Waals surface area contributed by atoms with Crippen molar-refractivity contribution in [1.82, 2.24) is 39.0 Å². The number of H-pyrrole nitrogens is 1. The minimum Gasteiger partial charge on any atom is -0.387 e. The highest BCUT2D eigenvalue weighted by Gasteiger charge is 2.51. The van der Waals surface area contributed by atoms with Crippen molar-refractivity contribution in [3.63, 3.8) is 0 Å². The molecule has 7 heterocycles. The molecule has 0 spiro atoms. The van der Waals surface area contributed by atoms with Crippen molar-refractivity contribution in [3.05, 3.63) is 29.3 Å². The molecule has 3 aliphatic rings. The number of fused-ring (bicyclic) bond motifs is 5. The number of anilines is 2. The van der Waals surface area contributed by atoms with Gasteiger partial charge in [-0.1, -0.05) is 24.5 Å². The number of nitrogens with two attached hydrogens (primary N) is 2. The van der Waals surface area contributed by atoms with Gasteiger partial charge in [-0.05, 0) is 12.6 Å². The molecule has 3 saturated heterocycles. The lowest BCUT2D eigenvalue weighted by molar-refractivity contribution is -0.0541. The number of thiol groups is 2. The summed E-state index contributed by atoms with van der Waals surface area (Å²) in [5, 5.41) is 22.7. The highest BCUT2D eigenvalue weighted by molar-refractivity contribution is 8.48. The van der Waals surface area contributed by atoms with Crippen LogP contribution in [0.25, 0.3) is 22.3 Å². The molecule has 0 amide bonds. The topological polar surface area (TPSA) is 255 Å². The number of ether oxygens (including phenoxy) is 2. The zero-order valence-electron chi connectivity index (χ0n) is 23.0. The Labute approximate surface area is 263 Å². The Morgan fingerprint density at radius 1 is 0.867 bits per heavy atom. The van der Waals surface area contributed by atoms with E-state index in [0.717, 1.165) is 0 Å². The van der Waals surface area contributed by atoms with E-state index in [4.69, 9.17) is 39.0 Å². The van der Waals surface area contributed by atoms with Gasteiger partial charge in [0.25, 0.3) is 5.56 Å². The van der Waals surface area contributed by atoms with Gasteiger partial charge in [-0.15, -0.1) is 0 Å². The molecule has 23 heteroatoms. The molecular weight excluding hydrogens is 674 g/mol. The third-order valence-electron chi connectivity index (χ3n) is 7.46. The number of aliphatic hydroxyl groups is 2. The predicted octanol–water partition coefficient (Wildman–Crippen LogP) is -0.294. The molecule has 2 bridgehead atoms. The fraction of sp³-hybridized carbons (Fsp3) is 0.455. The summed E-state index contributed by atoms with van der Waals surface area (Å²) in [4.78, 5) is 35.5. The van der Waals surface area contributed by atoms with Gasteiger partial charge in [0, 0.05) is 0 Å². The zero-order valence-corrected chi connectivity index (χ0v) is 26.6. The van der Waals surface area contributed by atoms with Crippen molar-refractivity contribution in [3.8, 4) is 0 Å². The Balaban J connectivity index is 1.21. The second-order valence-corrected chi connectivity index (χ2v) is 17.6. The molecular formula is C22H28N10O9P2S2. The monoisotopic (exact) mass is 702 g/mol. The molecule has 2 unspecified atom stereocenters. The van der Waals surface area contributed by atoms with E-state index < -0.39 is 67.7 Å². The van der Waals surface area contributed by atoms with Crippen LogP contribution >= 0.6 is 37.6 Å². The minimum atomic E-state index is -3.31. The fourth-order valence-corrected chi connectivity index (χ4v) is 8.60. The van der Waals surface area contributed by atoms with Gasteiger partial charge in [-0.3, -0.25) is 18.9 Å². The zero-order chi connectivity index (χ0) is 31.8. The van der Waals surface area contributed by atoms with E-state index in [1.54, 1.807) is 0 Å². The summed E-state index contributed by atoms with van der Waals surface area (Å²) in [5.41, 5.74) is 11.9. The van der Waals surface area contributed by atoms with E-state index in [2.05, 4.69) is 67.0 Å². The second-order valence-electron chi connectivity index (χ2n) is 10.5. The highest BCUT2D eigenvalue weighted by atomic mass is 32.7. The minimum absolute atomic E-state index is 0.00300. The first-order valence-electron chi connectivity index (χ1n) is 13.2. The van der Waals surface area contributed by atoms with Crippen LogP contribution < -0.4 is 17.0 Å². The molecule has 45 heavy (non-hydrogen) atoms. The van der Waals surface area contributed by atoms with Crippen LogP contribution in [-0.4, -0.2) is 112 Å². The average molecular weight is 703 g/mol. The Morgan fingerprint density at radius 2 is 1.49 bits per heavy atom. The lowest BCUT2D eigenvalue weighted by atomic mass is 10.1. The van der Waals surface area contributed by atoms with E-state index >= 15 is 0 Å². The van der Waals surface area contributed by atoms with Crippen molar-refractivity contribution in [2.24, 2.45) is 0 Å². The predicted molar refractivity (Wildman–Crippen MR) is 170 cm³/mol. The maximum atomic E-state index is 12.4. The molecule has 0 radical (unpaired) electrons. The van der Waals surface area contributed by atoms with Crippen LogP contribution in [-0.2, 0) is 27.6 Å². The van der Waals surface area contributed by atoms with Gasteiger partial charge in [-0.25, -0.2) is 19.9 Å². The number of nitrogen functional groups attached to an aromatic ring is 2. The molecule has 4 aromatic rings. The quantitative estimate of drug-likeness (QED) is 0.105. The molecule has 0 aromatic carbocycles. The summed E-state index contributed by atoms with van der Waals surface area (Å²) in [6.07, 6.45) is 3.11. The standard InChI is InChI=1S/C22H28N10O9P2S2/c1-42(44)36-3-8-12(33)15(21(38-8)32-7-28-11-18(32)29-22(24)30-19(11)35)41-43(2,45)37-4-9-14(40-42)13(34)20(39-9)31-6-27-10-16(23)25-5-26-17(10)31/h5-9,12-15,20-21,33-34,44-45H,1-4H2,(H2,23,25,26)(H3,24,29,30,35)/t8-,9+,12-,13-,14+,15-,20+,21-,42?,43?/m1/s1. The highest BCUT2D eigenvalue weighted by Crippen LogP contribution is 2.59. The number of aromatic amines is 1. The van der Waals surface area contributed by atoms with Gasteiger partial charge in [0.2, 0.25) is 5.95 Å². The number of aliphatic hydroxyl groups excluding tert-OH is 2. The molecule has 242 valence electrons. The van der Waals surface area contributed by atoms with Crippen LogP contribution in [0.4, 0.5) is 11.8 Å². The largest absolute Gasteiger partial charge is 0.387 e. The number of imidazole rings is 2. The van der Waals surface area contributed by atoms with Crippen molar-refractivity contribution in [2.75, 3.05) is 24.7 Å². The number of aromatic nitrogens is 8. The van der Waals surface area contributed by atoms with Crippen LogP contribution in [0.2, 0.25) is 0 Å². The number of rotatable bonds is 2. The van der Waals surface area contributed by atoms with E-state index in [1.165, 1.54) is 28.1 Å². The average Bonchev–Trinajstić information content (AvgIpc) is 3.72. The number of hydrogen-bond donors (Lipinski definition) is 7.